The van der Waals surface area contributed by atoms with Crippen LogP contribution in [0.1, 0.15) is 22.8 Å². The predicted molar refractivity (Wildman–Crippen MR) is 146 cm³/mol. The molecule has 0 spiro atoms. The predicted octanol–water partition coefficient (Wildman–Crippen LogP) is 2.28. The molecule has 2 heterocycles. The molecule has 0 unspecified atom stereocenters. The van der Waals surface area contributed by atoms with Crippen LogP contribution < -0.4 is 15.5 Å². The van der Waals surface area contributed by atoms with Crippen molar-refractivity contribution in [3.63, 3.8) is 0 Å². The van der Waals surface area contributed by atoms with Crippen molar-refractivity contribution >= 4 is 41.7 Å². The standard InChI is InChI=1S/C24H35N7O.HI/c1-4-25-24(31-16-14-30(15-17-31)22-10-5-6-11-26-22)28-19-20-8-7-9-21(18-20)23(32)27-12-13-29(2)3;/h5-11,18H,4,12-17,19H2,1-3H3,(H,25,28)(H,27,32);1H. The Morgan fingerprint density at radius 2 is 1.88 bits per heavy atom. The highest BCUT2D eigenvalue weighted by Gasteiger charge is 2.20. The van der Waals surface area contributed by atoms with E-state index >= 15 is 0 Å². The number of halogens is 1. The van der Waals surface area contributed by atoms with Gasteiger partial charge in [-0.25, -0.2) is 9.98 Å². The minimum Gasteiger partial charge on any atom is -0.357 e. The Balaban J connectivity index is 0.00000385. The number of anilines is 1. The maximum absolute atomic E-state index is 12.4. The number of amides is 1. The Morgan fingerprint density at radius 3 is 2.55 bits per heavy atom. The van der Waals surface area contributed by atoms with Gasteiger partial charge in [0, 0.05) is 57.6 Å². The van der Waals surface area contributed by atoms with Crippen LogP contribution in [0, 0.1) is 0 Å². The molecule has 180 valence electrons. The number of aromatic nitrogens is 1. The van der Waals surface area contributed by atoms with Gasteiger partial charge < -0.3 is 25.3 Å². The summed E-state index contributed by atoms with van der Waals surface area (Å²) in [7, 11) is 3.98. The largest absolute Gasteiger partial charge is 0.357 e. The average molecular weight is 566 g/mol. The second-order valence-electron chi connectivity index (χ2n) is 8.09. The molecule has 2 aromatic rings. The number of carbonyl (C=O) groups excluding carboxylic acids is 1. The van der Waals surface area contributed by atoms with Crippen molar-refractivity contribution in [1.29, 1.82) is 0 Å². The lowest BCUT2D eigenvalue weighted by Crippen LogP contribution is -2.52. The first kappa shape index (κ1) is 26.8. The number of nitrogens with zero attached hydrogens (tertiary/aromatic N) is 5. The highest BCUT2D eigenvalue weighted by atomic mass is 127. The quantitative estimate of drug-likeness (QED) is 0.291. The van der Waals surface area contributed by atoms with Gasteiger partial charge in [-0.15, -0.1) is 24.0 Å². The van der Waals surface area contributed by atoms with Crippen LogP contribution in [-0.4, -0.2) is 86.6 Å². The molecule has 1 fully saturated rings. The van der Waals surface area contributed by atoms with E-state index in [9.17, 15) is 4.79 Å². The van der Waals surface area contributed by atoms with Gasteiger partial charge >= 0.3 is 0 Å². The monoisotopic (exact) mass is 565 g/mol. The van der Waals surface area contributed by atoms with Crippen LogP contribution in [0.5, 0.6) is 0 Å². The van der Waals surface area contributed by atoms with E-state index < -0.39 is 0 Å². The maximum Gasteiger partial charge on any atom is 0.251 e. The van der Waals surface area contributed by atoms with Crippen LogP contribution in [0.15, 0.2) is 53.7 Å². The molecule has 1 aliphatic rings. The van der Waals surface area contributed by atoms with E-state index in [0.717, 1.165) is 56.6 Å². The molecule has 33 heavy (non-hydrogen) atoms. The first-order valence-electron chi connectivity index (χ1n) is 11.3. The summed E-state index contributed by atoms with van der Waals surface area (Å²) in [4.78, 5) is 28.4. The number of nitrogens with one attached hydrogen (secondary N) is 2. The summed E-state index contributed by atoms with van der Waals surface area (Å²) in [6.07, 6.45) is 1.84. The number of aliphatic imine (C=N–C) groups is 1. The number of rotatable bonds is 8. The number of piperazine rings is 1. The smallest absolute Gasteiger partial charge is 0.251 e. The Kier molecular flexibility index (Phi) is 11.4. The Morgan fingerprint density at radius 1 is 1.09 bits per heavy atom. The number of pyridine rings is 1. The number of carbonyl (C=O) groups is 1. The number of hydrogen-bond donors (Lipinski definition) is 2. The van der Waals surface area contributed by atoms with Crippen LogP contribution in [0.2, 0.25) is 0 Å². The molecular formula is C24H36IN7O. The summed E-state index contributed by atoms with van der Waals surface area (Å²) in [6, 6.07) is 13.7. The van der Waals surface area contributed by atoms with Crippen LogP contribution >= 0.6 is 24.0 Å². The zero-order valence-electron chi connectivity index (χ0n) is 19.8. The fourth-order valence-electron chi connectivity index (χ4n) is 3.59. The lowest BCUT2D eigenvalue weighted by atomic mass is 10.1. The van der Waals surface area contributed by atoms with Crippen LogP contribution in [-0.2, 0) is 6.54 Å². The molecule has 0 aliphatic carbocycles. The molecule has 1 aromatic carbocycles. The zero-order valence-corrected chi connectivity index (χ0v) is 22.2. The van der Waals surface area contributed by atoms with Gasteiger partial charge in [-0.2, -0.15) is 0 Å². The van der Waals surface area contributed by atoms with Crippen LogP contribution in [0.4, 0.5) is 5.82 Å². The maximum atomic E-state index is 12.4. The van der Waals surface area contributed by atoms with Crippen molar-refractivity contribution in [1.82, 2.24) is 25.4 Å². The van der Waals surface area contributed by atoms with E-state index in [1.54, 1.807) is 0 Å². The number of benzene rings is 1. The number of guanidine groups is 1. The minimum absolute atomic E-state index is 0. The molecular weight excluding hydrogens is 529 g/mol. The summed E-state index contributed by atoms with van der Waals surface area (Å²) in [5.74, 6) is 1.89. The van der Waals surface area contributed by atoms with E-state index in [0.29, 0.717) is 18.7 Å². The normalized spacial score (nSPS) is 14.1. The van der Waals surface area contributed by atoms with Gasteiger partial charge in [0.1, 0.15) is 5.82 Å². The topological polar surface area (TPSA) is 76.1 Å². The second-order valence-corrected chi connectivity index (χ2v) is 8.09. The molecule has 0 bridgehead atoms. The van der Waals surface area contributed by atoms with Crippen LogP contribution in [0.3, 0.4) is 0 Å². The summed E-state index contributed by atoms with van der Waals surface area (Å²) >= 11 is 0. The average Bonchev–Trinajstić information content (AvgIpc) is 2.82. The van der Waals surface area contributed by atoms with E-state index in [2.05, 4.69) is 38.4 Å². The Labute approximate surface area is 214 Å². The van der Waals surface area contributed by atoms with Crippen molar-refractivity contribution in [3.8, 4) is 0 Å². The molecule has 1 amide bonds. The number of likely N-dealkylation sites (N-methyl/N-ethyl adjacent to an activating group) is 1. The van der Waals surface area contributed by atoms with Gasteiger partial charge in [-0.3, -0.25) is 4.79 Å². The van der Waals surface area contributed by atoms with E-state index in [-0.39, 0.29) is 29.9 Å². The molecule has 0 atom stereocenters. The molecule has 0 radical (unpaired) electrons. The second kappa shape index (κ2) is 14.0. The SMILES string of the molecule is CCNC(=NCc1cccc(C(=O)NCCN(C)C)c1)N1CCN(c2ccccn2)CC1.I. The Hall–Kier alpha value is -2.40. The third kappa shape index (κ3) is 8.47. The van der Waals surface area contributed by atoms with E-state index in [1.165, 1.54) is 0 Å². The van der Waals surface area contributed by atoms with Gasteiger partial charge in [0.05, 0.1) is 6.54 Å². The van der Waals surface area contributed by atoms with Gasteiger partial charge in [0.2, 0.25) is 0 Å². The van der Waals surface area contributed by atoms with E-state index in [4.69, 9.17) is 4.99 Å². The molecule has 1 saturated heterocycles. The highest BCUT2D eigenvalue weighted by Crippen LogP contribution is 2.13. The van der Waals surface area contributed by atoms with Crippen LogP contribution in [0.25, 0.3) is 0 Å². The lowest BCUT2D eigenvalue weighted by Gasteiger charge is -2.37. The molecule has 3 rings (SSSR count). The highest BCUT2D eigenvalue weighted by molar-refractivity contribution is 14.0. The summed E-state index contributed by atoms with van der Waals surface area (Å²) < 4.78 is 0. The van der Waals surface area contributed by atoms with Gasteiger partial charge in [-0.1, -0.05) is 18.2 Å². The molecule has 1 aliphatic heterocycles. The molecule has 9 heteroatoms. The fourth-order valence-corrected chi connectivity index (χ4v) is 3.59. The Bertz CT molecular complexity index is 883. The van der Waals surface area contributed by atoms with Gasteiger partial charge in [0.25, 0.3) is 5.91 Å². The fraction of sp³-hybridized carbons (Fsp3) is 0.458. The molecule has 0 saturated carbocycles. The summed E-state index contributed by atoms with van der Waals surface area (Å²) in [6.45, 7) is 8.45. The number of hydrogen-bond acceptors (Lipinski definition) is 5. The summed E-state index contributed by atoms with van der Waals surface area (Å²) in [5.41, 5.74) is 1.69. The lowest BCUT2D eigenvalue weighted by molar-refractivity contribution is 0.0951. The van der Waals surface area contributed by atoms with Gasteiger partial charge in [-0.05, 0) is 50.8 Å². The third-order valence-electron chi connectivity index (χ3n) is 5.33. The third-order valence-corrected chi connectivity index (χ3v) is 5.33. The first-order valence-corrected chi connectivity index (χ1v) is 11.3. The molecule has 2 N–H and O–H groups in total. The molecule has 8 nitrogen and oxygen atoms in total. The van der Waals surface area contributed by atoms with E-state index in [1.807, 2.05) is 61.6 Å². The van der Waals surface area contributed by atoms with Gasteiger partial charge in [0.15, 0.2) is 5.96 Å². The van der Waals surface area contributed by atoms with Crippen molar-refractivity contribution in [2.75, 3.05) is 64.8 Å². The van der Waals surface area contributed by atoms with Crippen molar-refractivity contribution < 1.29 is 4.79 Å². The van der Waals surface area contributed by atoms with Crippen molar-refractivity contribution in [2.24, 2.45) is 4.99 Å². The zero-order chi connectivity index (χ0) is 22.8. The summed E-state index contributed by atoms with van der Waals surface area (Å²) in [5, 5.41) is 6.38. The molecule has 1 aromatic heterocycles. The van der Waals surface area contributed by atoms with Crippen molar-refractivity contribution in [3.05, 3.63) is 59.8 Å². The minimum atomic E-state index is -0.0461. The van der Waals surface area contributed by atoms with Crippen molar-refractivity contribution in [2.45, 2.75) is 13.5 Å². The first-order chi connectivity index (χ1) is 15.6.